The molecule has 0 bridgehead atoms. The van der Waals surface area contributed by atoms with Crippen LogP contribution in [-0.2, 0) is 11.0 Å². The van der Waals surface area contributed by atoms with Crippen molar-refractivity contribution in [1.82, 2.24) is 10.0 Å². The van der Waals surface area contributed by atoms with Crippen LogP contribution in [0, 0.1) is 5.41 Å². The van der Waals surface area contributed by atoms with Gasteiger partial charge in [-0.15, -0.1) is 0 Å². The molecule has 1 spiro atoms. The minimum Gasteiger partial charge on any atom is -0.317 e. The van der Waals surface area contributed by atoms with Gasteiger partial charge in [-0.25, -0.2) is 8.93 Å². The zero-order chi connectivity index (χ0) is 12.5. The highest BCUT2D eigenvalue weighted by atomic mass is 32.2. The second-order valence-electron chi connectivity index (χ2n) is 6.56. The largest absolute Gasteiger partial charge is 0.317 e. The van der Waals surface area contributed by atoms with E-state index in [4.69, 9.17) is 0 Å². The van der Waals surface area contributed by atoms with Gasteiger partial charge in [0, 0.05) is 6.04 Å². The Labute approximate surface area is 108 Å². The summed E-state index contributed by atoms with van der Waals surface area (Å²) in [5, 5.41) is 3.44. The molecular formula is C13H26N2OS. The van der Waals surface area contributed by atoms with Crippen molar-refractivity contribution in [2.24, 2.45) is 5.41 Å². The van der Waals surface area contributed by atoms with Gasteiger partial charge >= 0.3 is 0 Å². The van der Waals surface area contributed by atoms with E-state index in [1.807, 2.05) is 20.8 Å². The molecule has 2 fully saturated rings. The first-order valence-electron chi connectivity index (χ1n) is 6.83. The molecule has 0 aromatic heterocycles. The number of nitrogens with one attached hydrogen (secondary N) is 2. The van der Waals surface area contributed by atoms with Crippen LogP contribution >= 0.6 is 0 Å². The third kappa shape index (κ3) is 2.91. The molecule has 17 heavy (non-hydrogen) atoms. The van der Waals surface area contributed by atoms with Crippen molar-refractivity contribution in [2.45, 2.75) is 63.7 Å². The molecule has 0 amide bonds. The molecule has 100 valence electrons. The summed E-state index contributed by atoms with van der Waals surface area (Å²) in [5.74, 6) is 0. The minimum absolute atomic E-state index is 0.156. The molecule has 2 N–H and O–H groups in total. The maximum absolute atomic E-state index is 12.2. The lowest BCUT2D eigenvalue weighted by atomic mass is 9.75. The van der Waals surface area contributed by atoms with Crippen LogP contribution in [0.2, 0.25) is 0 Å². The summed E-state index contributed by atoms with van der Waals surface area (Å²) in [5.41, 5.74) is 0.423. The van der Waals surface area contributed by atoms with E-state index >= 15 is 0 Å². The highest BCUT2D eigenvalue weighted by molar-refractivity contribution is 7.84. The zero-order valence-corrected chi connectivity index (χ0v) is 12.2. The fraction of sp³-hybridized carbons (Fsp3) is 1.00. The molecule has 0 radical (unpaired) electrons. The Morgan fingerprint density at radius 3 is 2.47 bits per heavy atom. The number of rotatable bonds is 2. The average molecular weight is 258 g/mol. The SMILES string of the molecule is CC(C)(C)[S@](=O)N[C@@H]1CCCC12CCNCC2. The van der Waals surface area contributed by atoms with Gasteiger partial charge < -0.3 is 5.32 Å². The van der Waals surface area contributed by atoms with E-state index in [1.54, 1.807) is 0 Å². The summed E-state index contributed by atoms with van der Waals surface area (Å²) < 4.78 is 15.5. The maximum atomic E-state index is 12.2. The molecule has 1 heterocycles. The Morgan fingerprint density at radius 2 is 1.88 bits per heavy atom. The topological polar surface area (TPSA) is 41.1 Å². The molecule has 2 atom stereocenters. The van der Waals surface area contributed by atoms with Crippen LogP contribution in [0.5, 0.6) is 0 Å². The van der Waals surface area contributed by atoms with E-state index in [1.165, 1.54) is 32.1 Å². The van der Waals surface area contributed by atoms with Crippen molar-refractivity contribution in [2.75, 3.05) is 13.1 Å². The molecule has 1 aliphatic heterocycles. The van der Waals surface area contributed by atoms with Gasteiger partial charge in [0.15, 0.2) is 0 Å². The normalized spacial score (nSPS) is 30.6. The van der Waals surface area contributed by atoms with Crippen molar-refractivity contribution < 1.29 is 4.21 Å². The van der Waals surface area contributed by atoms with Gasteiger partial charge in [0.1, 0.15) is 0 Å². The summed E-state index contributed by atoms with van der Waals surface area (Å²) >= 11 is 0. The standard InChI is InChI=1S/C13H26N2OS/c1-12(2,3)17(16)15-11-5-4-6-13(11)7-9-14-10-8-13/h11,14-15H,4-10H2,1-3H3/t11-,17+/m1/s1. The zero-order valence-electron chi connectivity index (χ0n) is 11.3. The van der Waals surface area contributed by atoms with Gasteiger partial charge in [0.05, 0.1) is 15.7 Å². The maximum Gasteiger partial charge on any atom is 0.0972 e. The Kier molecular flexibility index (Phi) is 3.96. The van der Waals surface area contributed by atoms with Gasteiger partial charge in [-0.05, 0) is 65.0 Å². The highest BCUT2D eigenvalue weighted by Gasteiger charge is 2.44. The second kappa shape index (κ2) is 4.98. The third-order valence-electron chi connectivity index (χ3n) is 4.31. The van der Waals surface area contributed by atoms with Gasteiger partial charge in [-0.2, -0.15) is 0 Å². The fourth-order valence-corrected chi connectivity index (χ4v) is 4.13. The smallest absolute Gasteiger partial charge is 0.0972 e. The lowest BCUT2D eigenvalue weighted by Crippen LogP contribution is -2.50. The van der Waals surface area contributed by atoms with E-state index in [0.717, 1.165) is 13.1 Å². The molecule has 1 saturated heterocycles. The molecule has 0 aromatic carbocycles. The van der Waals surface area contributed by atoms with Gasteiger partial charge in [0.2, 0.25) is 0 Å². The number of hydrogen-bond acceptors (Lipinski definition) is 2. The first-order chi connectivity index (χ1) is 7.94. The minimum atomic E-state index is -0.925. The Morgan fingerprint density at radius 1 is 1.24 bits per heavy atom. The van der Waals surface area contributed by atoms with Gasteiger partial charge in [-0.1, -0.05) is 6.42 Å². The summed E-state index contributed by atoms with van der Waals surface area (Å²) in [6.45, 7) is 8.38. The van der Waals surface area contributed by atoms with Crippen LogP contribution < -0.4 is 10.0 Å². The van der Waals surface area contributed by atoms with Crippen LogP contribution in [0.1, 0.15) is 52.9 Å². The fourth-order valence-electron chi connectivity index (χ4n) is 3.15. The Hall–Kier alpha value is 0.0700. The van der Waals surface area contributed by atoms with Crippen molar-refractivity contribution in [3.63, 3.8) is 0 Å². The molecule has 4 heteroatoms. The summed E-state index contributed by atoms with van der Waals surface area (Å²) in [6, 6.07) is 0.463. The predicted octanol–water partition coefficient (Wildman–Crippen LogP) is 1.96. The molecular weight excluding hydrogens is 232 g/mol. The summed E-state index contributed by atoms with van der Waals surface area (Å²) in [6.07, 6.45) is 6.28. The van der Waals surface area contributed by atoms with Crippen molar-refractivity contribution in [3.8, 4) is 0 Å². The number of hydrogen-bond donors (Lipinski definition) is 2. The Balaban J connectivity index is 2.02. The average Bonchev–Trinajstić information content (AvgIpc) is 2.61. The lowest BCUT2D eigenvalue weighted by Gasteiger charge is -2.40. The summed E-state index contributed by atoms with van der Waals surface area (Å²) in [4.78, 5) is 0. The van der Waals surface area contributed by atoms with Gasteiger partial charge in [0.25, 0.3) is 0 Å². The van der Waals surface area contributed by atoms with Crippen LogP contribution in [0.4, 0.5) is 0 Å². The van der Waals surface area contributed by atoms with E-state index in [-0.39, 0.29) is 4.75 Å². The van der Waals surface area contributed by atoms with Crippen LogP contribution in [0.25, 0.3) is 0 Å². The first-order valence-corrected chi connectivity index (χ1v) is 7.98. The third-order valence-corrected chi connectivity index (χ3v) is 5.92. The quantitative estimate of drug-likeness (QED) is 0.795. The monoisotopic (exact) mass is 258 g/mol. The van der Waals surface area contributed by atoms with Crippen molar-refractivity contribution >= 4 is 11.0 Å². The molecule has 1 saturated carbocycles. The Bertz CT molecular complexity index is 292. The molecule has 0 aromatic rings. The van der Waals surface area contributed by atoms with Gasteiger partial charge in [-0.3, -0.25) is 0 Å². The van der Waals surface area contributed by atoms with Crippen LogP contribution in [0.3, 0.4) is 0 Å². The van der Waals surface area contributed by atoms with E-state index in [9.17, 15) is 4.21 Å². The number of piperidine rings is 1. The van der Waals surface area contributed by atoms with Crippen LogP contribution in [-0.4, -0.2) is 28.1 Å². The van der Waals surface area contributed by atoms with E-state index < -0.39 is 11.0 Å². The van der Waals surface area contributed by atoms with Crippen LogP contribution in [0.15, 0.2) is 0 Å². The predicted molar refractivity (Wildman–Crippen MR) is 73.2 cm³/mol. The van der Waals surface area contributed by atoms with E-state index in [2.05, 4.69) is 10.0 Å². The molecule has 0 unspecified atom stereocenters. The van der Waals surface area contributed by atoms with E-state index in [0.29, 0.717) is 11.5 Å². The summed E-state index contributed by atoms with van der Waals surface area (Å²) in [7, 11) is -0.925. The molecule has 2 rings (SSSR count). The lowest BCUT2D eigenvalue weighted by molar-refractivity contribution is 0.175. The van der Waals surface area contributed by atoms with Crippen molar-refractivity contribution in [1.29, 1.82) is 0 Å². The molecule has 1 aliphatic carbocycles. The molecule has 3 nitrogen and oxygen atoms in total. The second-order valence-corrected chi connectivity index (χ2v) is 8.55. The van der Waals surface area contributed by atoms with Crippen molar-refractivity contribution in [3.05, 3.63) is 0 Å². The molecule has 2 aliphatic rings. The highest BCUT2D eigenvalue weighted by Crippen LogP contribution is 2.45. The first kappa shape index (κ1) is 13.5.